The van der Waals surface area contributed by atoms with Crippen LogP contribution in [0.5, 0.6) is 0 Å². The highest BCUT2D eigenvalue weighted by molar-refractivity contribution is 5.81. The van der Waals surface area contributed by atoms with Crippen molar-refractivity contribution < 1.29 is 19.4 Å². The van der Waals surface area contributed by atoms with Crippen molar-refractivity contribution in [2.75, 3.05) is 13.2 Å². The molecule has 0 bridgehead atoms. The molecular formula is C13H16O4. The number of aliphatic hydroxyl groups excluding tert-OH is 1. The van der Waals surface area contributed by atoms with Crippen LogP contribution in [0.4, 0.5) is 0 Å². The minimum Gasteiger partial charge on any atom is -0.460 e. The van der Waals surface area contributed by atoms with E-state index >= 15 is 0 Å². The van der Waals surface area contributed by atoms with Gasteiger partial charge in [0.15, 0.2) is 0 Å². The Morgan fingerprint density at radius 2 is 2.06 bits per heavy atom. The molecule has 17 heavy (non-hydrogen) atoms. The molecule has 0 saturated heterocycles. The Hall–Kier alpha value is -1.65. The van der Waals surface area contributed by atoms with Crippen LogP contribution < -0.4 is 0 Å². The number of aliphatic hydroxyl groups is 1. The Kier molecular flexibility index (Phi) is 5.99. The molecule has 0 saturated carbocycles. The number of ether oxygens (including phenoxy) is 2. The molecule has 0 aliphatic rings. The average molecular weight is 236 g/mol. The number of rotatable bonds is 7. The lowest BCUT2D eigenvalue weighted by Crippen LogP contribution is -2.23. The molecule has 0 spiro atoms. The van der Waals surface area contributed by atoms with E-state index in [-0.39, 0.29) is 13.2 Å². The van der Waals surface area contributed by atoms with E-state index in [9.17, 15) is 9.90 Å². The molecule has 1 unspecified atom stereocenters. The summed E-state index contributed by atoms with van der Waals surface area (Å²) in [6.07, 6.45) is 0.236. The van der Waals surface area contributed by atoms with Crippen LogP contribution in [0.15, 0.2) is 43.0 Å². The summed E-state index contributed by atoms with van der Waals surface area (Å²) in [7, 11) is 0. The third kappa shape index (κ3) is 5.85. The second kappa shape index (κ2) is 7.60. The summed E-state index contributed by atoms with van der Waals surface area (Å²) in [6.45, 7) is 3.72. The maximum Gasteiger partial charge on any atom is 0.330 e. The first kappa shape index (κ1) is 13.4. The molecule has 0 fully saturated rings. The van der Waals surface area contributed by atoms with Crippen molar-refractivity contribution in [3.63, 3.8) is 0 Å². The minimum absolute atomic E-state index is 0.0837. The van der Waals surface area contributed by atoms with Crippen LogP contribution in [0.25, 0.3) is 0 Å². The van der Waals surface area contributed by atoms with Crippen molar-refractivity contribution in [1.82, 2.24) is 0 Å². The van der Waals surface area contributed by atoms with Gasteiger partial charge in [-0.15, -0.1) is 0 Å². The maximum atomic E-state index is 10.7. The van der Waals surface area contributed by atoms with E-state index in [1.807, 2.05) is 30.3 Å². The van der Waals surface area contributed by atoms with Crippen LogP contribution in [-0.2, 0) is 20.9 Å². The number of hydrogen-bond acceptors (Lipinski definition) is 4. The molecule has 1 aromatic carbocycles. The minimum atomic E-state index is -0.817. The number of hydrogen-bond donors (Lipinski definition) is 1. The first-order valence-corrected chi connectivity index (χ1v) is 5.31. The summed E-state index contributed by atoms with van der Waals surface area (Å²) in [5.41, 5.74) is 1.03. The summed E-state index contributed by atoms with van der Waals surface area (Å²) in [5.74, 6) is -0.549. The fourth-order valence-corrected chi connectivity index (χ4v) is 1.17. The molecular weight excluding hydrogens is 220 g/mol. The first-order valence-electron chi connectivity index (χ1n) is 5.31. The lowest BCUT2D eigenvalue weighted by atomic mass is 10.2. The standard InChI is InChI=1S/C13H16O4/c1-2-13(15)17-10-12(14)9-16-8-11-6-4-3-5-7-11/h2-7,12,14H,1,8-10H2. The van der Waals surface area contributed by atoms with Crippen molar-refractivity contribution >= 4 is 5.97 Å². The lowest BCUT2D eigenvalue weighted by Gasteiger charge is -2.11. The topological polar surface area (TPSA) is 55.8 Å². The van der Waals surface area contributed by atoms with E-state index in [0.29, 0.717) is 6.61 Å². The fraction of sp³-hybridized carbons (Fsp3) is 0.308. The molecule has 1 rings (SSSR count). The number of esters is 1. The van der Waals surface area contributed by atoms with Gasteiger partial charge in [-0.3, -0.25) is 0 Å². The average Bonchev–Trinajstić information content (AvgIpc) is 2.37. The monoisotopic (exact) mass is 236 g/mol. The second-order valence-electron chi connectivity index (χ2n) is 3.49. The molecule has 0 radical (unpaired) electrons. The molecule has 92 valence electrons. The summed E-state index contributed by atoms with van der Waals surface area (Å²) in [4.78, 5) is 10.7. The Morgan fingerprint density at radius 3 is 2.71 bits per heavy atom. The van der Waals surface area contributed by atoms with Gasteiger partial charge in [-0.1, -0.05) is 36.9 Å². The number of carbonyl (C=O) groups is 1. The Labute approximate surface area is 100 Å². The normalized spacial score (nSPS) is 11.8. The third-order valence-corrected chi connectivity index (χ3v) is 2.01. The summed E-state index contributed by atoms with van der Waals surface area (Å²) in [5, 5.41) is 9.44. The second-order valence-corrected chi connectivity index (χ2v) is 3.49. The lowest BCUT2D eigenvalue weighted by molar-refractivity contribution is -0.141. The van der Waals surface area contributed by atoms with E-state index in [1.165, 1.54) is 0 Å². The van der Waals surface area contributed by atoms with E-state index in [2.05, 4.69) is 11.3 Å². The van der Waals surface area contributed by atoms with Gasteiger partial charge < -0.3 is 14.6 Å². The van der Waals surface area contributed by atoms with Gasteiger partial charge in [0.25, 0.3) is 0 Å². The predicted molar refractivity (Wildman–Crippen MR) is 63.3 cm³/mol. The van der Waals surface area contributed by atoms with Crippen LogP contribution in [0, 0.1) is 0 Å². The zero-order valence-electron chi connectivity index (χ0n) is 9.54. The van der Waals surface area contributed by atoms with E-state index in [4.69, 9.17) is 4.74 Å². The maximum absolute atomic E-state index is 10.7. The smallest absolute Gasteiger partial charge is 0.330 e. The van der Waals surface area contributed by atoms with E-state index in [0.717, 1.165) is 11.6 Å². The summed E-state index contributed by atoms with van der Waals surface area (Å²) < 4.78 is 9.95. The summed E-state index contributed by atoms with van der Waals surface area (Å²) in [6, 6.07) is 9.63. The number of benzene rings is 1. The Bertz CT molecular complexity index is 348. The van der Waals surface area contributed by atoms with Gasteiger partial charge in [-0.05, 0) is 5.56 Å². The molecule has 0 aliphatic heterocycles. The van der Waals surface area contributed by atoms with Crippen LogP contribution in [0.2, 0.25) is 0 Å². The highest BCUT2D eigenvalue weighted by atomic mass is 16.5. The van der Waals surface area contributed by atoms with Crippen molar-refractivity contribution in [2.45, 2.75) is 12.7 Å². The van der Waals surface area contributed by atoms with Gasteiger partial charge in [0.1, 0.15) is 12.7 Å². The van der Waals surface area contributed by atoms with Gasteiger partial charge in [0, 0.05) is 6.08 Å². The molecule has 1 N–H and O–H groups in total. The quantitative estimate of drug-likeness (QED) is 0.572. The van der Waals surface area contributed by atoms with Gasteiger partial charge in [0.2, 0.25) is 0 Å². The van der Waals surface area contributed by atoms with Gasteiger partial charge in [-0.2, -0.15) is 0 Å². The van der Waals surface area contributed by atoms with Crippen molar-refractivity contribution in [2.24, 2.45) is 0 Å². The Morgan fingerprint density at radius 1 is 1.35 bits per heavy atom. The molecule has 0 aromatic heterocycles. The molecule has 4 nitrogen and oxygen atoms in total. The Balaban J connectivity index is 2.14. The summed E-state index contributed by atoms with van der Waals surface area (Å²) >= 11 is 0. The predicted octanol–water partition coefficient (Wildman–Crippen LogP) is 1.29. The SMILES string of the molecule is C=CC(=O)OCC(O)COCc1ccccc1. The number of carbonyl (C=O) groups excluding carboxylic acids is 1. The fourth-order valence-electron chi connectivity index (χ4n) is 1.17. The van der Waals surface area contributed by atoms with Gasteiger partial charge in [-0.25, -0.2) is 4.79 Å². The zero-order chi connectivity index (χ0) is 12.5. The largest absolute Gasteiger partial charge is 0.460 e. The molecule has 0 heterocycles. The van der Waals surface area contributed by atoms with Crippen LogP contribution >= 0.6 is 0 Å². The van der Waals surface area contributed by atoms with Crippen molar-refractivity contribution in [3.8, 4) is 0 Å². The highest BCUT2D eigenvalue weighted by Gasteiger charge is 2.06. The highest BCUT2D eigenvalue weighted by Crippen LogP contribution is 2.01. The third-order valence-electron chi connectivity index (χ3n) is 2.01. The van der Waals surface area contributed by atoms with E-state index in [1.54, 1.807) is 0 Å². The molecule has 0 amide bonds. The van der Waals surface area contributed by atoms with Gasteiger partial charge in [0.05, 0.1) is 13.2 Å². The van der Waals surface area contributed by atoms with Crippen LogP contribution in [-0.4, -0.2) is 30.4 Å². The van der Waals surface area contributed by atoms with Crippen molar-refractivity contribution in [1.29, 1.82) is 0 Å². The molecule has 1 aromatic rings. The zero-order valence-corrected chi connectivity index (χ0v) is 9.54. The van der Waals surface area contributed by atoms with Crippen molar-refractivity contribution in [3.05, 3.63) is 48.6 Å². The van der Waals surface area contributed by atoms with Gasteiger partial charge >= 0.3 is 5.97 Å². The molecule has 4 heteroatoms. The first-order chi connectivity index (χ1) is 8.22. The molecule has 0 aliphatic carbocycles. The molecule has 1 atom stereocenters. The van der Waals surface area contributed by atoms with Crippen LogP contribution in [0.1, 0.15) is 5.56 Å². The van der Waals surface area contributed by atoms with E-state index < -0.39 is 12.1 Å². The van der Waals surface area contributed by atoms with Crippen LogP contribution in [0.3, 0.4) is 0 Å².